The van der Waals surface area contributed by atoms with Gasteiger partial charge in [0.05, 0.1) is 19.9 Å². The van der Waals surface area contributed by atoms with E-state index in [2.05, 4.69) is 10.3 Å². The normalized spacial score (nSPS) is 15.1. The van der Waals surface area contributed by atoms with Crippen LogP contribution in [-0.4, -0.2) is 23.0 Å². The molecule has 0 saturated heterocycles. The second-order valence-corrected chi connectivity index (χ2v) is 13.0. The first kappa shape index (κ1) is 27.1. The monoisotopic (exact) mass is 543 g/mol. The molecule has 7 heteroatoms. The minimum absolute atomic E-state index is 0.0255. The van der Waals surface area contributed by atoms with Crippen LogP contribution in [0, 0.1) is 6.92 Å². The second-order valence-electron chi connectivity index (χ2n) is 8.80. The van der Waals surface area contributed by atoms with Crippen LogP contribution in [0.15, 0.2) is 148 Å². The Kier molecular flexibility index (Phi) is 8.29. The summed E-state index contributed by atoms with van der Waals surface area (Å²) in [6.45, 7) is 5.80. The Balaban J connectivity index is 1.98. The van der Waals surface area contributed by atoms with Crippen LogP contribution >= 0.6 is 0 Å². The highest BCUT2D eigenvalue weighted by molar-refractivity contribution is 8.03. The van der Waals surface area contributed by atoms with Gasteiger partial charge in [0.1, 0.15) is 5.76 Å². The molecule has 4 aromatic rings. The predicted molar refractivity (Wildman–Crippen MR) is 154 cm³/mol. The van der Waals surface area contributed by atoms with Gasteiger partial charge in [-0.05, 0) is 42.8 Å². The van der Waals surface area contributed by atoms with Gasteiger partial charge in [0.15, 0.2) is 0 Å². The third-order valence-corrected chi connectivity index (χ3v) is 10.9. The molecule has 0 heterocycles. The van der Waals surface area contributed by atoms with Crippen molar-refractivity contribution >= 4 is 25.5 Å². The van der Waals surface area contributed by atoms with Crippen LogP contribution in [0.25, 0.3) is 5.76 Å². The van der Waals surface area contributed by atoms with Crippen molar-refractivity contribution in [3.05, 3.63) is 151 Å². The lowest BCUT2D eigenvalue weighted by atomic mass is 9.93. The van der Waals surface area contributed by atoms with Crippen LogP contribution in [0.2, 0.25) is 0 Å². The van der Waals surface area contributed by atoms with Crippen LogP contribution in [0.4, 0.5) is 0 Å². The van der Waals surface area contributed by atoms with Crippen molar-refractivity contribution in [3.63, 3.8) is 0 Å². The number of nitrogens with zero attached hydrogens (tertiary/aromatic N) is 1. The SMILES string of the molecule is C=C[C@H]([C@@H](/C=C(\O)c1ccccc1)c1ccccc1)[S@@](=O)(=NS(=O)(=O)c1ccc(C)cc1)c1ccccc1. The first-order chi connectivity index (χ1) is 18.2. The van der Waals surface area contributed by atoms with Gasteiger partial charge in [-0.2, -0.15) is 8.42 Å². The molecule has 1 N–H and O–H groups in total. The van der Waals surface area contributed by atoms with E-state index in [1.165, 1.54) is 18.2 Å². The molecule has 38 heavy (non-hydrogen) atoms. The lowest BCUT2D eigenvalue weighted by Crippen LogP contribution is -2.27. The van der Waals surface area contributed by atoms with Gasteiger partial charge in [0, 0.05) is 16.4 Å². The fraction of sp³-hybridized carbons (Fsp3) is 0.0968. The van der Waals surface area contributed by atoms with Gasteiger partial charge in [0.2, 0.25) is 0 Å². The molecule has 4 aromatic carbocycles. The van der Waals surface area contributed by atoms with Crippen molar-refractivity contribution in [2.75, 3.05) is 0 Å². The molecule has 3 atom stereocenters. The summed E-state index contributed by atoms with van der Waals surface area (Å²) in [6, 6.07) is 32.8. The van der Waals surface area contributed by atoms with Crippen molar-refractivity contribution < 1.29 is 17.7 Å². The summed E-state index contributed by atoms with van der Waals surface area (Å²) in [5.74, 6) is -0.735. The third kappa shape index (κ3) is 5.96. The van der Waals surface area contributed by atoms with Crippen molar-refractivity contribution in [2.45, 2.75) is 27.9 Å². The minimum Gasteiger partial charge on any atom is -0.508 e. The van der Waals surface area contributed by atoms with Gasteiger partial charge in [-0.25, -0.2) is 4.21 Å². The number of hydrogen-bond acceptors (Lipinski definition) is 4. The summed E-state index contributed by atoms with van der Waals surface area (Å²) in [5.41, 5.74) is 2.19. The molecule has 5 nitrogen and oxygen atoms in total. The first-order valence-corrected chi connectivity index (χ1v) is 15.0. The molecule has 0 fully saturated rings. The van der Waals surface area contributed by atoms with Crippen LogP contribution in [0.3, 0.4) is 0 Å². The van der Waals surface area contributed by atoms with Crippen LogP contribution in [0.5, 0.6) is 0 Å². The number of allylic oxidation sites excluding steroid dienone is 1. The zero-order valence-corrected chi connectivity index (χ0v) is 22.6. The quantitative estimate of drug-likeness (QED) is 0.179. The van der Waals surface area contributed by atoms with Crippen LogP contribution < -0.4 is 0 Å². The number of aliphatic hydroxyl groups excluding tert-OH is 1. The number of benzene rings is 4. The van der Waals surface area contributed by atoms with Crippen molar-refractivity contribution in [1.29, 1.82) is 0 Å². The minimum atomic E-state index is -4.32. The first-order valence-electron chi connectivity index (χ1n) is 12.0. The number of rotatable bonds is 9. The average molecular weight is 544 g/mol. The lowest BCUT2D eigenvalue weighted by molar-refractivity contribution is 0.507. The van der Waals surface area contributed by atoms with E-state index in [1.54, 1.807) is 72.8 Å². The molecule has 0 aliphatic carbocycles. The topological polar surface area (TPSA) is 83.8 Å². The summed E-state index contributed by atoms with van der Waals surface area (Å²) in [5, 5.41) is 10.1. The molecule has 0 saturated carbocycles. The van der Waals surface area contributed by atoms with E-state index in [9.17, 15) is 17.7 Å². The highest BCUT2D eigenvalue weighted by Gasteiger charge is 2.34. The van der Waals surface area contributed by atoms with E-state index in [-0.39, 0.29) is 15.6 Å². The van der Waals surface area contributed by atoms with Crippen molar-refractivity contribution in [1.82, 2.24) is 0 Å². The molecule has 0 aromatic heterocycles. The van der Waals surface area contributed by atoms with Gasteiger partial charge >= 0.3 is 0 Å². The van der Waals surface area contributed by atoms with Gasteiger partial charge in [-0.3, -0.25) is 0 Å². The van der Waals surface area contributed by atoms with E-state index in [4.69, 9.17) is 0 Å². The maximum absolute atomic E-state index is 15.0. The molecule has 0 aliphatic heterocycles. The summed E-state index contributed by atoms with van der Waals surface area (Å²) in [6.07, 6.45) is 3.06. The highest BCUT2D eigenvalue weighted by Crippen LogP contribution is 2.35. The molecule has 0 spiro atoms. The number of aryl methyl sites for hydroxylation is 1. The number of hydrogen-bond donors (Lipinski definition) is 1. The second kappa shape index (κ2) is 11.6. The third-order valence-electron chi connectivity index (χ3n) is 6.16. The van der Waals surface area contributed by atoms with E-state index < -0.39 is 30.9 Å². The van der Waals surface area contributed by atoms with Crippen LogP contribution in [0.1, 0.15) is 22.6 Å². The molecular weight excluding hydrogens is 514 g/mol. The van der Waals surface area contributed by atoms with Crippen LogP contribution in [-0.2, 0) is 19.8 Å². The van der Waals surface area contributed by atoms with E-state index in [0.717, 1.165) is 11.1 Å². The summed E-state index contributed by atoms with van der Waals surface area (Å²) >= 11 is 0. The Morgan fingerprint density at radius 1 is 0.763 bits per heavy atom. The molecule has 0 unspecified atom stereocenters. The highest BCUT2D eigenvalue weighted by atomic mass is 32.3. The molecule has 0 amide bonds. The Hall–Kier alpha value is -3.94. The van der Waals surface area contributed by atoms with Gasteiger partial charge < -0.3 is 5.11 Å². The summed E-state index contributed by atoms with van der Waals surface area (Å²) < 4.78 is 46.1. The maximum Gasteiger partial charge on any atom is 0.290 e. The van der Waals surface area contributed by atoms with Gasteiger partial charge in [-0.15, -0.1) is 10.3 Å². The van der Waals surface area contributed by atoms with Gasteiger partial charge in [-0.1, -0.05) is 103 Å². The zero-order chi connectivity index (χ0) is 27.2. The Morgan fingerprint density at radius 3 is 1.84 bits per heavy atom. The number of aliphatic hydroxyl groups is 1. The Bertz CT molecular complexity index is 1640. The molecule has 0 bridgehead atoms. The summed E-state index contributed by atoms with van der Waals surface area (Å²) in [7, 11) is -8.00. The zero-order valence-electron chi connectivity index (χ0n) is 20.9. The van der Waals surface area contributed by atoms with Crippen molar-refractivity contribution in [2.24, 2.45) is 3.77 Å². The molecule has 194 valence electrons. The Morgan fingerprint density at radius 2 is 1.29 bits per heavy atom. The smallest absolute Gasteiger partial charge is 0.290 e. The predicted octanol–water partition coefficient (Wildman–Crippen LogP) is 7.15. The fourth-order valence-electron chi connectivity index (χ4n) is 4.17. The Labute approximate surface area is 225 Å². The van der Waals surface area contributed by atoms with E-state index in [1.807, 2.05) is 43.3 Å². The molecule has 4 rings (SSSR count). The van der Waals surface area contributed by atoms with Crippen molar-refractivity contribution in [3.8, 4) is 0 Å². The standard InChI is InChI=1S/C31H29NO4S2/c1-3-31(29(25-13-7-4-8-14-25)23-30(33)26-15-9-5-10-16-26)37(34,27-17-11-6-12-18-27)32-38(35,36)28-21-19-24(2)20-22-28/h3-23,29,31,33H,1H2,2H3/b30-23-/t29-,31+,37+/m0/s1. The summed E-state index contributed by atoms with van der Waals surface area (Å²) in [4.78, 5) is 0.211. The number of sulfonamides is 1. The fourth-order valence-corrected chi connectivity index (χ4v) is 8.66. The molecule has 0 radical (unpaired) electrons. The molecular formula is C31H29NO4S2. The lowest BCUT2D eigenvalue weighted by Gasteiger charge is -2.26. The maximum atomic E-state index is 15.0. The average Bonchev–Trinajstić information content (AvgIpc) is 2.94. The molecule has 0 aliphatic rings. The van der Waals surface area contributed by atoms with Gasteiger partial charge in [0.25, 0.3) is 10.0 Å². The largest absolute Gasteiger partial charge is 0.508 e. The van der Waals surface area contributed by atoms with E-state index >= 15 is 0 Å². The van der Waals surface area contributed by atoms with E-state index in [0.29, 0.717) is 5.56 Å².